The van der Waals surface area contributed by atoms with Crippen molar-refractivity contribution in [3.63, 3.8) is 0 Å². The SMILES string of the molecule is C/C=C\C(CN1CCC(C(=O)OCC)CC1)=N[C@@H](C)C(C)OC1CCC(c2ccccc2)CC1. The van der Waals surface area contributed by atoms with Crippen LogP contribution < -0.4 is 0 Å². The number of rotatable bonds is 10. The van der Waals surface area contributed by atoms with Gasteiger partial charge in [-0.05, 0) is 96.9 Å². The first-order valence-corrected chi connectivity index (χ1v) is 13.3. The summed E-state index contributed by atoms with van der Waals surface area (Å²) < 4.78 is 11.7. The lowest BCUT2D eigenvalue weighted by atomic mass is 9.83. The Morgan fingerprint density at radius 2 is 1.76 bits per heavy atom. The monoisotopic (exact) mass is 468 g/mol. The number of nitrogens with zero attached hydrogens (tertiary/aromatic N) is 2. The maximum atomic E-state index is 12.0. The number of piperidine rings is 1. The molecule has 1 aromatic carbocycles. The predicted octanol–water partition coefficient (Wildman–Crippen LogP) is 5.80. The lowest BCUT2D eigenvalue weighted by Gasteiger charge is -2.32. The lowest BCUT2D eigenvalue weighted by Crippen LogP contribution is -2.40. The van der Waals surface area contributed by atoms with Crippen LogP contribution in [0.25, 0.3) is 0 Å². The van der Waals surface area contributed by atoms with Crippen molar-refractivity contribution in [2.75, 3.05) is 26.2 Å². The van der Waals surface area contributed by atoms with Crippen molar-refractivity contribution in [2.24, 2.45) is 10.9 Å². The summed E-state index contributed by atoms with van der Waals surface area (Å²) in [5.41, 5.74) is 2.56. The zero-order valence-electron chi connectivity index (χ0n) is 21.6. The molecule has 3 rings (SSSR count). The standard InChI is InChI=1S/C29H44N2O3/c1-5-10-27(21-31-19-17-26(18-20-31)29(32)33-6-2)30-22(3)23(4)34-28-15-13-25(14-16-28)24-11-8-7-9-12-24/h5,7-12,22-23,25-26,28H,6,13-21H2,1-4H3/b10-5-,30-27?/t22-,23?,25?,28?/m0/s1. The Bertz CT molecular complexity index is 791. The molecule has 34 heavy (non-hydrogen) atoms. The van der Waals surface area contributed by atoms with E-state index in [1.54, 1.807) is 0 Å². The van der Waals surface area contributed by atoms with Crippen LogP contribution in [0.15, 0.2) is 47.5 Å². The van der Waals surface area contributed by atoms with Crippen molar-refractivity contribution in [2.45, 2.75) is 90.4 Å². The van der Waals surface area contributed by atoms with E-state index in [9.17, 15) is 4.79 Å². The smallest absolute Gasteiger partial charge is 0.309 e. The zero-order chi connectivity index (χ0) is 24.3. The highest BCUT2D eigenvalue weighted by molar-refractivity contribution is 5.96. The van der Waals surface area contributed by atoms with Gasteiger partial charge in [0.2, 0.25) is 0 Å². The Morgan fingerprint density at radius 1 is 1.09 bits per heavy atom. The molecule has 188 valence electrons. The van der Waals surface area contributed by atoms with Crippen molar-refractivity contribution in [3.05, 3.63) is 48.0 Å². The molecule has 0 N–H and O–H groups in total. The number of hydrogen-bond acceptors (Lipinski definition) is 5. The second-order valence-electron chi connectivity index (χ2n) is 9.89. The van der Waals surface area contributed by atoms with Crippen molar-refractivity contribution in [3.8, 4) is 0 Å². The van der Waals surface area contributed by atoms with Crippen LogP contribution in [-0.2, 0) is 14.3 Å². The van der Waals surface area contributed by atoms with Crippen molar-refractivity contribution < 1.29 is 14.3 Å². The van der Waals surface area contributed by atoms with Gasteiger partial charge in [0.1, 0.15) is 0 Å². The molecule has 2 aliphatic rings. The van der Waals surface area contributed by atoms with Gasteiger partial charge in [0, 0.05) is 12.3 Å². The molecule has 5 nitrogen and oxygen atoms in total. The van der Waals surface area contributed by atoms with Gasteiger partial charge in [-0.15, -0.1) is 0 Å². The number of allylic oxidation sites excluding steroid dienone is 1. The number of esters is 1. The minimum Gasteiger partial charge on any atom is -0.466 e. The normalized spacial score (nSPS) is 24.8. The van der Waals surface area contributed by atoms with Crippen LogP contribution in [0.5, 0.6) is 0 Å². The summed E-state index contributed by atoms with van der Waals surface area (Å²) in [6, 6.07) is 11.0. The molecular formula is C29H44N2O3. The van der Waals surface area contributed by atoms with E-state index in [0.717, 1.165) is 51.0 Å². The van der Waals surface area contributed by atoms with Gasteiger partial charge in [-0.2, -0.15) is 0 Å². The first kappa shape index (κ1) is 26.6. The third-order valence-electron chi connectivity index (χ3n) is 7.35. The summed E-state index contributed by atoms with van der Waals surface area (Å²) in [7, 11) is 0. The van der Waals surface area contributed by atoms with E-state index in [1.807, 2.05) is 13.8 Å². The number of aliphatic imine (C=N–C) groups is 1. The molecule has 1 heterocycles. The molecule has 1 aliphatic heterocycles. The first-order chi connectivity index (χ1) is 16.5. The van der Waals surface area contributed by atoms with E-state index >= 15 is 0 Å². The van der Waals surface area contributed by atoms with Crippen LogP contribution in [0.2, 0.25) is 0 Å². The van der Waals surface area contributed by atoms with Gasteiger partial charge in [-0.3, -0.25) is 14.7 Å². The fourth-order valence-corrected chi connectivity index (χ4v) is 5.19. The number of likely N-dealkylation sites (tertiary alicyclic amines) is 1. The molecule has 0 spiro atoms. The minimum absolute atomic E-state index is 0.0399. The molecule has 2 atom stereocenters. The highest BCUT2D eigenvalue weighted by Gasteiger charge is 2.27. The molecule has 0 bridgehead atoms. The van der Waals surface area contributed by atoms with Gasteiger partial charge in [0.25, 0.3) is 0 Å². The van der Waals surface area contributed by atoms with E-state index in [4.69, 9.17) is 14.5 Å². The van der Waals surface area contributed by atoms with Crippen LogP contribution in [0.4, 0.5) is 0 Å². The van der Waals surface area contributed by atoms with Crippen LogP contribution in [0.1, 0.15) is 77.7 Å². The maximum absolute atomic E-state index is 12.0. The van der Waals surface area contributed by atoms with Gasteiger partial charge in [0.15, 0.2) is 0 Å². The number of carbonyl (C=O) groups is 1. The molecule has 0 aromatic heterocycles. The van der Waals surface area contributed by atoms with Gasteiger partial charge in [-0.1, -0.05) is 36.4 Å². The summed E-state index contributed by atoms with van der Waals surface area (Å²) in [6.45, 7) is 11.3. The van der Waals surface area contributed by atoms with E-state index in [2.05, 4.69) is 61.2 Å². The molecule has 5 heteroatoms. The maximum Gasteiger partial charge on any atom is 0.309 e. The Labute approximate surface area is 206 Å². The molecule has 2 fully saturated rings. The van der Waals surface area contributed by atoms with Crippen molar-refractivity contribution >= 4 is 11.7 Å². The molecule has 1 saturated heterocycles. The first-order valence-electron chi connectivity index (χ1n) is 13.3. The van der Waals surface area contributed by atoms with Gasteiger partial charge in [0.05, 0.1) is 30.8 Å². The molecule has 0 amide bonds. The molecule has 1 aromatic rings. The fraction of sp³-hybridized carbons (Fsp3) is 0.655. The Morgan fingerprint density at radius 3 is 2.38 bits per heavy atom. The molecule has 1 unspecified atom stereocenters. The molecular weight excluding hydrogens is 424 g/mol. The topological polar surface area (TPSA) is 51.1 Å². The van der Waals surface area contributed by atoms with E-state index in [-0.39, 0.29) is 24.0 Å². The summed E-state index contributed by atoms with van der Waals surface area (Å²) in [4.78, 5) is 19.5. The Kier molecular flexibility index (Phi) is 10.8. The summed E-state index contributed by atoms with van der Waals surface area (Å²) in [5.74, 6) is 0.672. The van der Waals surface area contributed by atoms with Gasteiger partial charge < -0.3 is 9.47 Å². The molecule has 0 radical (unpaired) electrons. The fourth-order valence-electron chi connectivity index (χ4n) is 5.19. The van der Waals surface area contributed by atoms with E-state index in [1.165, 1.54) is 18.4 Å². The molecule has 1 aliphatic carbocycles. The predicted molar refractivity (Wildman–Crippen MR) is 139 cm³/mol. The van der Waals surface area contributed by atoms with Crippen LogP contribution in [-0.4, -0.2) is 61.1 Å². The highest BCUT2D eigenvalue weighted by atomic mass is 16.5. The second-order valence-corrected chi connectivity index (χ2v) is 9.89. The summed E-state index contributed by atoms with van der Waals surface area (Å²) in [5, 5.41) is 0. The Hall–Kier alpha value is -1.98. The number of ether oxygens (including phenoxy) is 2. The van der Waals surface area contributed by atoms with Crippen molar-refractivity contribution in [1.29, 1.82) is 0 Å². The highest BCUT2D eigenvalue weighted by Crippen LogP contribution is 2.34. The largest absolute Gasteiger partial charge is 0.466 e. The van der Waals surface area contributed by atoms with E-state index < -0.39 is 0 Å². The third kappa shape index (κ3) is 8.06. The number of hydrogen-bond donors (Lipinski definition) is 0. The average molecular weight is 469 g/mol. The number of carbonyl (C=O) groups excluding carboxylic acids is 1. The minimum atomic E-state index is -0.0399. The lowest BCUT2D eigenvalue weighted by molar-refractivity contribution is -0.149. The second kappa shape index (κ2) is 13.8. The molecule has 1 saturated carbocycles. The number of benzene rings is 1. The quantitative estimate of drug-likeness (QED) is 0.322. The van der Waals surface area contributed by atoms with Crippen molar-refractivity contribution in [1.82, 2.24) is 4.90 Å². The summed E-state index contributed by atoms with van der Waals surface area (Å²) in [6.07, 6.45) is 11.0. The van der Waals surface area contributed by atoms with Gasteiger partial charge >= 0.3 is 5.97 Å². The van der Waals surface area contributed by atoms with Crippen LogP contribution >= 0.6 is 0 Å². The average Bonchev–Trinajstić information content (AvgIpc) is 2.85. The van der Waals surface area contributed by atoms with Crippen LogP contribution in [0, 0.1) is 5.92 Å². The van der Waals surface area contributed by atoms with E-state index in [0.29, 0.717) is 18.6 Å². The Balaban J connectivity index is 1.46. The van der Waals surface area contributed by atoms with Crippen LogP contribution in [0.3, 0.4) is 0 Å². The zero-order valence-corrected chi connectivity index (χ0v) is 21.6. The summed E-state index contributed by atoms with van der Waals surface area (Å²) >= 11 is 0. The van der Waals surface area contributed by atoms with Gasteiger partial charge in [-0.25, -0.2) is 0 Å². The third-order valence-corrected chi connectivity index (χ3v) is 7.35.